The summed E-state index contributed by atoms with van der Waals surface area (Å²) in [5.74, 6) is -0.270. The molecule has 0 aromatic heterocycles. The Kier molecular flexibility index (Phi) is 4.23. The summed E-state index contributed by atoms with van der Waals surface area (Å²) in [5, 5.41) is 1.61. The number of Topliss-reactive ketones (excluding diaryl/α,β-unsaturated/α-hetero) is 1. The minimum Gasteiger partial charge on any atom is -0.393 e. The Bertz CT molecular complexity index is 1080. The number of hydrogen-bond acceptors (Lipinski definition) is 3. The number of ketones is 1. The molecule has 136 valence electrons. The lowest BCUT2D eigenvalue weighted by atomic mass is 9.94. The molecular formula is C21H14F3NOS. The SMILES string of the molecule is NC1=C(c2cccc(C(F)(F)F)c2)C(=O)C(c2cccc3ccccc23)S1. The fraction of sp³-hybridized carbons (Fsp3) is 0.0952. The van der Waals surface area contributed by atoms with Crippen LogP contribution in [0.4, 0.5) is 13.2 Å². The summed E-state index contributed by atoms with van der Waals surface area (Å²) < 4.78 is 39.1. The average molecular weight is 385 g/mol. The van der Waals surface area contributed by atoms with E-state index in [1.165, 1.54) is 23.9 Å². The molecule has 2 nitrogen and oxygen atoms in total. The summed E-state index contributed by atoms with van der Waals surface area (Å²) >= 11 is 1.18. The molecule has 4 rings (SSSR count). The first kappa shape index (κ1) is 17.7. The lowest BCUT2D eigenvalue weighted by Crippen LogP contribution is -2.09. The van der Waals surface area contributed by atoms with Crippen molar-refractivity contribution in [3.8, 4) is 0 Å². The van der Waals surface area contributed by atoms with Gasteiger partial charge >= 0.3 is 6.18 Å². The molecule has 3 aromatic carbocycles. The van der Waals surface area contributed by atoms with E-state index in [-0.39, 0.29) is 21.9 Å². The summed E-state index contributed by atoms with van der Waals surface area (Å²) in [6.45, 7) is 0. The standard InChI is InChI=1S/C21H14F3NOS/c22-21(23,24)14-8-3-7-13(11-14)17-18(26)19(27-20(17)25)16-10-4-6-12-5-1-2-9-15(12)16/h1-11,19H,25H2. The number of allylic oxidation sites excluding steroid dienone is 1. The zero-order chi connectivity index (χ0) is 19.2. The van der Waals surface area contributed by atoms with Crippen molar-refractivity contribution < 1.29 is 18.0 Å². The van der Waals surface area contributed by atoms with Crippen molar-refractivity contribution >= 4 is 33.9 Å². The van der Waals surface area contributed by atoms with Gasteiger partial charge in [0.1, 0.15) is 0 Å². The highest BCUT2D eigenvalue weighted by atomic mass is 32.2. The van der Waals surface area contributed by atoms with Crippen LogP contribution >= 0.6 is 11.8 Å². The number of thioether (sulfide) groups is 1. The van der Waals surface area contributed by atoms with Crippen LogP contribution in [0.3, 0.4) is 0 Å². The Morgan fingerprint density at radius 2 is 1.63 bits per heavy atom. The monoisotopic (exact) mass is 385 g/mol. The molecule has 2 N–H and O–H groups in total. The molecule has 0 saturated heterocycles. The van der Waals surface area contributed by atoms with Crippen LogP contribution in [-0.4, -0.2) is 5.78 Å². The number of hydrogen-bond donors (Lipinski definition) is 1. The Morgan fingerprint density at radius 1 is 0.926 bits per heavy atom. The number of nitrogens with two attached hydrogens (primary N) is 1. The van der Waals surface area contributed by atoms with Crippen LogP contribution in [0.15, 0.2) is 71.8 Å². The van der Waals surface area contributed by atoms with Crippen LogP contribution in [0.2, 0.25) is 0 Å². The number of fused-ring (bicyclic) bond motifs is 1. The number of carbonyl (C=O) groups is 1. The van der Waals surface area contributed by atoms with Crippen molar-refractivity contribution in [3.63, 3.8) is 0 Å². The molecule has 27 heavy (non-hydrogen) atoms. The Hall–Kier alpha value is -2.73. The molecule has 3 aromatic rings. The van der Waals surface area contributed by atoms with Gasteiger partial charge in [0, 0.05) is 0 Å². The highest BCUT2D eigenvalue weighted by molar-refractivity contribution is 8.04. The Labute approximate surface area is 157 Å². The van der Waals surface area contributed by atoms with Crippen molar-refractivity contribution in [2.24, 2.45) is 5.73 Å². The summed E-state index contributed by atoms with van der Waals surface area (Å²) in [6, 6.07) is 18.1. The summed E-state index contributed by atoms with van der Waals surface area (Å²) in [6.07, 6.45) is -4.48. The number of carbonyl (C=O) groups excluding carboxylic acids is 1. The maximum atomic E-state index is 13.1. The van der Waals surface area contributed by atoms with Crippen molar-refractivity contribution in [2.75, 3.05) is 0 Å². The lowest BCUT2D eigenvalue weighted by Gasteiger charge is -2.13. The van der Waals surface area contributed by atoms with Gasteiger partial charge in [0.15, 0.2) is 5.78 Å². The quantitative estimate of drug-likeness (QED) is 0.630. The van der Waals surface area contributed by atoms with Gasteiger partial charge in [0.25, 0.3) is 0 Å². The first-order chi connectivity index (χ1) is 12.9. The predicted octanol–water partition coefficient (Wildman–Crippen LogP) is 5.54. The average Bonchev–Trinajstić information content (AvgIpc) is 2.95. The molecule has 1 heterocycles. The van der Waals surface area contributed by atoms with Crippen molar-refractivity contribution in [1.29, 1.82) is 0 Å². The van der Waals surface area contributed by atoms with Crippen LogP contribution in [0.25, 0.3) is 16.3 Å². The topological polar surface area (TPSA) is 43.1 Å². The minimum absolute atomic E-state index is 0.157. The van der Waals surface area contributed by atoms with E-state index in [2.05, 4.69) is 0 Å². The third-order valence-electron chi connectivity index (χ3n) is 4.56. The van der Waals surface area contributed by atoms with Crippen LogP contribution in [0.5, 0.6) is 0 Å². The number of alkyl halides is 3. The van der Waals surface area contributed by atoms with Gasteiger partial charge in [-0.15, -0.1) is 0 Å². The molecule has 1 unspecified atom stereocenters. The second-order valence-corrected chi connectivity index (χ2v) is 7.40. The van der Waals surface area contributed by atoms with Gasteiger partial charge in [-0.05, 0) is 34.0 Å². The van der Waals surface area contributed by atoms with Gasteiger partial charge in [-0.1, -0.05) is 66.4 Å². The second-order valence-electron chi connectivity index (χ2n) is 6.25. The molecule has 0 fully saturated rings. The molecule has 1 aliphatic heterocycles. The molecule has 0 spiro atoms. The van der Waals surface area contributed by atoms with Gasteiger partial charge in [-0.25, -0.2) is 0 Å². The van der Waals surface area contributed by atoms with Gasteiger partial charge in [0.05, 0.1) is 21.4 Å². The van der Waals surface area contributed by atoms with Crippen LogP contribution in [0, 0.1) is 0 Å². The van der Waals surface area contributed by atoms with Crippen LogP contribution in [-0.2, 0) is 11.0 Å². The van der Waals surface area contributed by atoms with Crippen LogP contribution in [0.1, 0.15) is 21.9 Å². The maximum absolute atomic E-state index is 13.1. The van der Waals surface area contributed by atoms with E-state index < -0.39 is 17.0 Å². The zero-order valence-corrected chi connectivity index (χ0v) is 14.8. The third kappa shape index (κ3) is 3.10. The van der Waals surface area contributed by atoms with E-state index in [9.17, 15) is 18.0 Å². The highest BCUT2D eigenvalue weighted by Gasteiger charge is 2.37. The van der Waals surface area contributed by atoms with Gasteiger partial charge in [-0.2, -0.15) is 13.2 Å². The largest absolute Gasteiger partial charge is 0.416 e. The van der Waals surface area contributed by atoms with E-state index in [0.29, 0.717) is 0 Å². The van der Waals surface area contributed by atoms with E-state index in [0.717, 1.165) is 28.5 Å². The number of rotatable bonds is 2. The Balaban J connectivity index is 1.76. The summed E-state index contributed by atoms with van der Waals surface area (Å²) in [5.41, 5.74) is 6.44. The molecular weight excluding hydrogens is 371 g/mol. The Morgan fingerprint density at radius 3 is 2.41 bits per heavy atom. The third-order valence-corrected chi connectivity index (χ3v) is 5.72. The van der Waals surface area contributed by atoms with Crippen molar-refractivity contribution in [3.05, 3.63) is 88.4 Å². The fourth-order valence-electron chi connectivity index (χ4n) is 3.31. The predicted molar refractivity (Wildman–Crippen MR) is 102 cm³/mol. The molecule has 1 aliphatic rings. The molecule has 0 amide bonds. The molecule has 1 atom stereocenters. The molecule has 6 heteroatoms. The van der Waals surface area contributed by atoms with E-state index in [4.69, 9.17) is 5.73 Å². The minimum atomic E-state index is -4.48. The summed E-state index contributed by atoms with van der Waals surface area (Å²) in [7, 11) is 0. The van der Waals surface area contributed by atoms with E-state index in [1.807, 2.05) is 42.5 Å². The number of benzene rings is 3. The van der Waals surface area contributed by atoms with E-state index >= 15 is 0 Å². The maximum Gasteiger partial charge on any atom is 0.416 e. The zero-order valence-electron chi connectivity index (χ0n) is 14.0. The van der Waals surface area contributed by atoms with E-state index in [1.54, 1.807) is 0 Å². The molecule has 0 radical (unpaired) electrons. The van der Waals surface area contributed by atoms with Crippen LogP contribution < -0.4 is 5.73 Å². The van der Waals surface area contributed by atoms with Crippen molar-refractivity contribution in [2.45, 2.75) is 11.4 Å². The lowest BCUT2D eigenvalue weighted by molar-refractivity contribution is -0.137. The van der Waals surface area contributed by atoms with Gasteiger partial charge < -0.3 is 5.73 Å². The summed E-state index contributed by atoms with van der Waals surface area (Å²) in [4.78, 5) is 13.1. The number of halogens is 3. The first-order valence-electron chi connectivity index (χ1n) is 8.22. The van der Waals surface area contributed by atoms with Crippen molar-refractivity contribution in [1.82, 2.24) is 0 Å². The smallest absolute Gasteiger partial charge is 0.393 e. The molecule has 0 bridgehead atoms. The fourth-order valence-corrected chi connectivity index (χ4v) is 4.46. The second kappa shape index (κ2) is 6.46. The normalized spacial score (nSPS) is 17.7. The highest BCUT2D eigenvalue weighted by Crippen LogP contribution is 2.48. The molecule has 0 saturated carbocycles. The van der Waals surface area contributed by atoms with Gasteiger partial charge in [-0.3, -0.25) is 4.79 Å². The molecule has 0 aliphatic carbocycles. The van der Waals surface area contributed by atoms with Gasteiger partial charge in [0.2, 0.25) is 0 Å². The first-order valence-corrected chi connectivity index (χ1v) is 9.10.